The normalized spacial score (nSPS) is 14.0. The maximum absolute atomic E-state index is 11.8. The first kappa shape index (κ1) is 17.5. The highest BCUT2D eigenvalue weighted by atomic mass is 35.5. The fourth-order valence-electron chi connectivity index (χ4n) is 3.26. The van der Waals surface area contributed by atoms with Gasteiger partial charge in [-0.3, -0.25) is 10.1 Å². The average Bonchev–Trinajstić information content (AvgIpc) is 2.54. The first-order chi connectivity index (χ1) is 11.8. The minimum absolute atomic E-state index is 0.114. The summed E-state index contributed by atoms with van der Waals surface area (Å²) in [5.74, 6) is 0. The molecule has 128 valence electrons. The van der Waals surface area contributed by atoms with Crippen LogP contribution < -0.4 is 5.73 Å². The lowest BCUT2D eigenvalue weighted by Crippen LogP contribution is -2.28. The molecule has 25 heavy (non-hydrogen) atoms. The number of nitro groups is 1. The molecule has 0 aliphatic carbocycles. The van der Waals surface area contributed by atoms with Crippen molar-refractivity contribution in [1.82, 2.24) is 4.90 Å². The van der Waals surface area contributed by atoms with Crippen LogP contribution in [0.15, 0.2) is 18.2 Å². The second-order valence-corrected chi connectivity index (χ2v) is 6.79. The molecule has 1 aliphatic rings. The van der Waals surface area contributed by atoms with Crippen molar-refractivity contribution in [2.75, 3.05) is 19.3 Å². The number of hydrogen-bond acceptors (Lipinski definition) is 5. The number of halogens is 2. The first-order valence-electron chi connectivity index (χ1n) is 7.50. The predicted molar refractivity (Wildman–Crippen MR) is 97.7 cm³/mol. The highest BCUT2D eigenvalue weighted by Gasteiger charge is 2.33. The van der Waals surface area contributed by atoms with Gasteiger partial charge in [-0.2, -0.15) is 5.26 Å². The Labute approximate surface area is 154 Å². The fourth-order valence-corrected chi connectivity index (χ4v) is 3.77. The van der Waals surface area contributed by atoms with E-state index in [-0.39, 0.29) is 16.9 Å². The number of nitro benzene ring substituents is 1. The quantitative estimate of drug-likeness (QED) is 0.485. The maximum Gasteiger partial charge on any atom is 0.301 e. The van der Waals surface area contributed by atoms with Crippen molar-refractivity contribution in [2.45, 2.75) is 13.0 Å². The van der Waals surface area contributed by atoms with Crippen molar-refractivity contribution in [2.24, 2.45) is 0 Å². The molecule has 2 N–H and O–H groups in total. The molecule has 0 radical (unpaired) electrons. The summed E-state index contributed by atoms with van der Waals surface area (Å²) in [5.41, 5.74) is 8.14. The van der Waals surface area contributed by atoms with Crippen LogP contribution in [0.5, 0.6) is 0 Å². The summed E-state index contributed by atoms with van der Waals surface area (Å²) in [6.07, 6.45) is 0.592. The minimum atomic E-state index is -0.550. The molecule has 0 bridgehead atoms. The molecule has 0 fully saturated rings. The Bertz CT molecular complexity index is 937. The molecule has 0 atom stereocenters. The molecule has 2 aromatic rings. The van der Waals surface area contributed by atoms with Gasteiger partial charge in [-0.05, 0) is 36.7 Å². The van der Waals surface area contributed by atoms with Gasteiger partial charge in [-0.25, -0.2) is 0 Å². The third-order valence-electron chi connectivity index (χ3n) is 4.40. The number of nitriles is 1. The van der Waals surface area contributed by atoms with E-state index in [0.717, 1.165) is 17.7 Å². The maximum atomic E-state index is 11.8. The third-order valence-corrected chi connectivity index (χ3v) is 4.94. The summed E-state index contributed by atoms with van der Waals surface area (Å²) in [5, 5.41) is 22.0. The molecular formula is C17H14Cl2N4O2. The van der Waals surface area contributed by atoms with E-state index in [9.17, 15) is 15.4 Å². The van der Waals surface area contributed by atoms with E-state index in [0.29, 0.717) is 34.1 Å². The van der Waals surface area contributed by atoms with Crippen LogP contribution in [0.1, 0.15) is 16.7 Å². The van der Waals surface area contributed by atoms with Gasteiger partial charge in [-0.15, -0.1) is 0 Å². The number of hydrogen-bond donors (Lipinski definition) is 1. The molecule has 0 saturated heterocycles. The van der Waals surface area contributed by atoms with Crippen LogP contribution >= 0.6 is 23.2 Å². The zero-order chi connectivity index (χ0) is 18.3. The summed E-state index contributed by atoms with van der Waals surface area (Å²) in [6.45, 7) is 1.21. The van der Waals surface area contributed by atoms with Crippen molar-refractivity contribution in [3.63, 3.8) is 0 Å². The summed E-state index contributed by atoms with van der Waals surface area (Å²) < 4.78 is 0. The lowest BCUT2D eigenvalue weighted by Gasteiger charge is -2.28. The minimum Gasteiger partial charge on any atom is -0.392 e. The fraction of sp³-hybridized carbons (Fsp3) is 0.235. The van der Waals surface area contributed by atoms with E-state index in [4.69, 9.17) is 28.9 Å². The van der Waals surface area contributed by atoms with E-state index in [1.807, 2.05) is 18.0 Å². The van der Waals surface area contributed by atoms with E-state index in [1.54, 1.807) is 12.1 Å². The molecule has 0 aromatic heterocycles. The van der Waals surface area contributed by atoms with Gasteiger partial charge >= 0.3 is 5.69 Å². The van der Waals surface area contributed by atoms with Crippen LogP contribution in [0.3, 0.4) is 0 Å². The zero-order valence-corrected chi connectivity index (χ0v) is 14.9. The van der Waals surface area contributed by atoms with E-state index < -0.39 is 4.92 Å². The summed E-state index contributed by atoms with van der Waals surface area (Å²) in [7, 11) is 1.92. The molecule has 6 nitrogen and oxygen atoms in total. The van der Waals surface area contributed by atoms with Crippen LogP contribution in [-0.2, 0) is 13.0 Å². The van der Waals surface area contributed by atoms with Gasteiger partial charge < -0.3 is 10.6 Å². The summed E-state index contributed by atoms with van der Waals surface area (Å²) >= 11 is 12.3. The Balaban J connectivity index is 2.46. The average molecular weight is 377 g/mol. The largest absolute Gasteiger partial charge is 0.392 e. The number of nitrogen functional groups attached to an aromatic ring is 1. The van der Waals surface area contributed by atoms with Crippen LogP contribution in [0, 0.1) is 21.4 Å². The van der Waals surface area contributed by atoms with Crippen molar-refractivity contribution in [3.8, 4) is 17.2 Å². The number of fused-ring (bicyclic) bond motifs is 1. The smallest absolute Gasteiger partial charge is 0.301 e. The number of nitrogens with zero attached hydrogens (tertiary/aromatic N) is 3. The third kappa shape index (κ3) is 2.91. The number of rotatable bonds is 2. The molecule has 0 unspecified atom stereocenters. The monoisotopic (exact) mass is 376 g/mol. The van der Waals surface area contributed by atoms with E-state index in [1.165, 1.54) is 6.07 Å². The molecular weight excluding hydrogens is 363 g/mol. The second kappa shape index (κ2) is 6.52. The first-order valence-corrected chi connectivity index (χ1v) is 8.26. The molecule has 8 heteroatoms. The van der Waals surface area contributed by atoms with Crippen LogP contribution in [-0.4, -0.2) is 23.4 Å². The molecule has 1 heterocycles. The standard InChI is InChI=1S/C17H14Cl2N4O2/c1-22-5-4-10-12(7-20)16(21)17(23(24)25)15(13(10)8-22)11-3-2-9(18)6-14(11)19/h2-3,6H,4-5,8,21H2,1H3. The molecule has 0 saturated carbocycles. The predicted octanol–water partition coefficient (Wildman–Crippen LogP) is 4.01. The number of nitrogens with two attached hydrogens (primary N) is 1. The SMILES string of the molecule is CN1CCc2c(C#N)c(N)c([N+](=O)[O-])c(-c3ccc(Cl)cc3Cl)c2C1. The van der Waals surface area contributed by atoms with Crippen molar-refractivity contribution >= 4 is 34.6 Å². The number of benzene rings is 2. The Morgan fingerprint density at radius 3 is 2.68 bits per heavy atom. The Kier molecular flexibility index (Phi) is 4.56. The van der Waals surface area contributed by atoms with Crippen LogP contribution in [0.4, 0.5) is 11.4 Å². The highest BCUT2D eigenvalue weighted by molar-refractivity contribution is 6.36. The van der Waals surface area contributed by atoms with Gasteiger partial charge in [0.05, 0.1) is 21.1 Å². The highest BCUT2D eigenvalue weighted by Crippen LogP contribution is 2.46. The van der Waals surface area contributed by atoms with Crippen LogP contribution in [0.2, 0.25) is 10.0 Å². The number of anilines is 1. The zero-order valence-electron chi connectivity index (χ0n) is 13.3. The molecule has 0 amide bonds. The van der Waals surface area contributed by atoms with Crippen LogP contribution in [0.25, 0.3) is 11.1 Å². The van der Waals surface area contributed by atoms with Gasteiger partial charge in [-0.1, -0.05) is 29.3 Å². The van der Waals surface area contributed by atoms with Gasteiger partial charge in [0.2, 0.25) is 0 Å². The topological polar surface area (TPSA) is 96.2 Å². The lowest BCUT2D eigenvalue weighted by molar-refractivity contribution is -0.383. The lowest BCUT2D eigenvalue weighted by atomic mass is 9.85. The van der Waals surface area contributed by atoms with Gasteiger partial charge in [0, 0.05) is 23.7 Å². The Hall–Kier alpha value is -2.33. The molecule has 1 aliphatic heterocycles. The number of likely N-dealkylation sites (N-methyl/N-ethyl adjacent to an activating group) is 1. The van der Waals surface area contributed by atoms with Gasteiger partial charge in [0.15, 0.2) is 0 Å². The van der Waals surface area contributed by atoms with E-state index >= 15 is 0 Å². The molecule has 0 spiro atoms. The van der Waals surface area contributed by atoms with E-state index in [2.05, 4.69) is 0 Å². The van der Waals surface area contributed by atoms with Gasteiger partial charge in [0.1, 0.15) is 11.8 Å². The Morgan fingerprint density at radius 2 is 2.08 bits per heavy atom. The van der Waals surface area contributed by atoms with Crippen molar-refractivity contribution in [3.05, 3.63) is 55.0 Å². The molecule has 3 rings (SSSR count). The Morgan fingerprint density at radius 1 is 1.36 bits per heavy atom. The second-order valence-electron chi connectivity index (χ2n) is 5.95. The summed E-state index contributed by atoms with van der Waals surface area (Å²) in [6, 6.07) is 6.84. The van der Waals surface area contributed by atoms with Gasteiger partial charge in [0.25, 0.3) is 0 Å². The van der Waals surface area contributed by atoms with Crippen molar-refractivity contribution in [1.29, 1.82) is 5.26 Å². The van der Waals surface area contributed by atoms with Crippen molar-refractivity contribution < 1.29 is 4.92 Å². The summed E-state index contributed by atoms with van der Waals surface area (Å²) in [4.78, 5) is 13.3. The molecule has 2 aromatic carbocycles.